The summed E-state index contributed by atoms with van der Waals surface area (Å²) in [4.78, 5) is 30.4. The summed E-state index contributed by atoms with van der Waals surface area (Å²) in [5, 5.41) is 4.97. The van der Waals surface area contributed by atoms with Crippen LogP contribution in [0.15, 0.2) is 72.4 Å². The highest BCUT2D eigenvalue weighted by atomic mass is 16.5. The number of amides is 2. The number of benzene rings is 3. The van der Waals surface area contributed by atoms with Gasteiger partial charge in [0.1, 0.15) is 11.4 Å². The predicted molar refractivity (Wildman–Crippen MR) is 126 cm³/mol. The maximum Gasteiger partial charge on any atom is 0.270 e. The molecular formula is C26H27N3O3. The SMILES string of the molecule is COc1ccc(C(=O)N/C(=C/c2cccc3ccccc23)C(=O)N2CCN(C)CC2)cc1. The quantitative estimate of drug-likeness (QED) is 0.632. The molecule has 1 fully saturated rings. The number of fused-ring (bicyclic) bond motifs is 1. The van der Waals surface area contributed by atoms with Crippen LogP contribution in [0.1, 0.15) is 15.9 Å². The van der Waals surface area contributed by atoms with E-state index in [0.29, 0.717) is 24.4 Å². The standard InChI is InChI=1S/C26H27N3O3/c1-28-14-16-29(17-15-28)26(31)24(27-25(30)20-10-12-22(32-2)13-11-20)18-21-8-5-7-19-6-3-4-9-23(19)21/h3-13,18H,14-17H2,1-2H3,(H,27,30)/b24-18+. The average molecular weight is 430 g/mol. The molecule has 0 aromatic heterocycles. The first-order valence-corrected chi connectivity index (χ1v) is 10.7. The summed E-state index contributed by atoms with van der Waals surface area (Å²) < 4.78 is 5.17. The molecule has 3 aromatic carbocycles. The van der Waals surface area contributed by atoms with E-state index in [4.69, 9.17) is 4.74 Å². The first kappa shape index (κ1) is 21.6. The maximum atomic E-state index is 13.4. The molecule has 3 aromatic rings. The fourth-order valence-electron chi connectivity index (χ4n) is 3.80. The number of nitrogens with one attached hydrogen (secondary N) is 1. The number of hydrogen-bond acceptors (Lipinski definition) is 4. The number of likely N-dealkylation sites (N-methyl/N-ethyl adjacent to an activating group) is 1. The molecule has 6 heteroatoms. The molecule has 164 valence electrons. The minimum atomic E-state index is -0.332. The number of ether oxygens (including phenoxy) is 1. The Kier molecular flexibility index (Phi) is 6.52. The van der Waals surface area contributed by atoms with E-state index in [9.17, 15) is 9.59 Å². The van der Waals surface area contributed by atoms with E-state index in [1.807, 2.05) is 49.5 Å². The third-order valence-electron chi connectivity index (χ3n) is 5.74. The molecule has 6 nitrogen and oxygen atoms in total. The molecule has 1 N–H and O–H groups in total. The van der Waals surface area contributed by atoms with Gasteiger partial charge in [0.15, 0.2) is 0 Å². The molecule has 0 radical (unpaired) electrons. The van der Waals surface area contributed by atoms with Crippen molar-refractivity contribution in [3.63, 3.8) is 0 Å². The number of methoxy groups -OCH3 is 1. The summed E-state index contributed by atoms with van der Waals surface area (Å²) >= 11 is 0. The van der Waals surface area contributed by atoms with Crippen LogP contribution in [-0.4, -0.2) is 62.0 Å². The van der Waals surface area contributed by atoms with Crippen molar-refractivity contribution in [3.05, 3.63) is 83.6 Å². The molecule has 0 atom stereocenters. The van der Waals surface area contributed by atoms with Crippen LogP contribution in [-0.2, 0) is 4.79 Å². The molecule has 4 rings (SSSR count). The Hall–Kier alpha value is -3.64. The van der Waals surface area contributed by atoms with Gasteiger partial charge in [0.25, 0.3) is 11.8 Å². The van der Waals surface area contributed by atoms with Gasteiger partial charge in [0.2, 0.25) is 0 Å². The van der Waals surface area contributed by atoms with E-state index < -0.39 is 0 Å². The van der Waals surface area contributed by atoms with E-state index in [1.165, 1.54) is 0 Å². The molecule has 0 spiro atoms. The van der Waals surface area contributed by atoms with Gasteiger partial charge < -0.3 is 19.9 Å². The number of piperazine rings is 1. The van der Waals surface area contributed by atoms with E-state index >= 15 is 0 Å². The van der Waals surface area contributed by atoms with Crippen LogP contribution in [0.2, 0.25) is 0 Å². The lowest BCUT2D eigenvalue weighted by molar-refractivity contribution is -0.128. The molecule has 0 bridgehead atoms. The Balaban J connectivity index is 1.68. The fourth-order valence-corrected chi connectivity index (χ4v) is 3.80. The van der Waals surface area contributed by atoms with Crippen molar-refractivity contribution in [2.24, 2.45) is 0 Å². The highest BCUT2D eigenvalue weighted by Gasteiger charge is 2.24. The number of hydrogen-bond donors (Lipinski definition) is 1. The number of nitrogens with zero attached hydrogens (tertiary/aromatic N) is 2. The Morgan fingerprint density at radius 1 is 0.906 bits per heavy atom. The summed E-state index contributed by atoms with van der Waals surface area (Å²) in [5.74, 6) is 0.163. The van der Waals surface area contributed by atoms with Crippen LogP contribution in [0.25, 0.3) is 16.8 Å². The zero-order chi connectivity index (χ0) is 22.5. The molecule has 2 amide bonds. The molecule has 0 unspecified atom stereocenters. The lowest BCUT2D eigenvalue weighted by atomic mass is 10.0. The molecule has 32 heavy (non-hydrogen) atoms. The second kappa shape index (κ2) is 9.66. The monoisotopic (exact) mass is 429 g/mol. The second-order valence-electron chi connectivity index (χ2n) is 7.90. The third kappa shape index (κ3) is 4.81. The van der Waals surface area contributed by atoms with Gasteiger partial charge in [0.05, 0.1) is 7.11 Å². The predicted octanol–water partition coefficient (Wildman–Crippen LogP) is 3.39. The minimum Gasteiger partial charge on any atom is -0.497 e. The summed E-state index contributed by atoms with van der Waals surface area (Å²) in [5.41, 5.74) is 1.61. The highest BCUT2D eigenvalue weighted by Crippen LogP contribution is 2.21. The van der Waals surface area contributed by atoms with Crippen LogP contribution in [0.3, 0.4) is 0 Å². The largest absolute Gasteiger partial charge is 0.497 e. The van der Waals surface area contributed by atoms with Crippen LogP contribution in [0, 0.1) is 0 Å². The normalized spacial score (nSPS) is 14.9. The number of rotatable bonds is 5. The lowest BCUT2D eigenvalue weighted by Crippen LogP contribution is -2.49. The Morgan fingerprint density at radius 3 is 2.31 bits per heavy atom. The average Bonchev–Trinajstić information content (AvgIpc) is 2.84. The lowest BCUT2D eigenvalue weighted by Gasteiger charge is -2.33. The van der Waals surface area contributed by atoms with Crippen LogP contribution >= 0.6 is 0 Å². The molecule has 1 saturated heterocycles. The summed E-state index contributed by atoms with van der Waals surface area (Å²) in [6.07, 6.45) is 1.78. The van der Waals surface area contributed by atoms with Crippen LogP contribution in [0.4, 0.5) is 0 Å². The van der Waals surface area contributed by atoms with Gasteiger partial charge in [-0.1, -0.05) is 42.5 Å². The molecule has 0 saturated carbocycles. The highest BCUT2D eigenvalue weighted by molar-refractivity contribution is 6.06. The van der Waals surface area contributed by atoms with Gasteiger partial charge in [0, 0.05) is 31.7 Å². The Morgan fingerprint density at radius 2 is 1.59 bits per heavy atom. The topological polar surface area (TPSA) is 61.9 Å². The molecule has 0 aliphatic carbocycles. The molecule has 1 aliphatic heterocycles. The zero-order valence-electron chi connectivity index (χ0n) is 18.4. The summed E-state index contributed by atoms with van der Waals surface area (Å²) in [6, 6.07) is 20.8. The maximum absolute atomic E-state index is 13.4. The summed E-state index contributed by atoms with van der Waals surface area (Å²) in [6.45, 7) is 2.86. The first-order valence-electron chi connectivity index (χ1n) is 10.7. The Bertz CT molecular complexity index is 1140. The van der Waals surface area contributed by atoms with Gasteiger partial charge in [-0.05, 0) is 53.7 Å². The van der Waals surface area contributed by atoms with E-state index in [-0.39, 0.29) is 17.5 Å². The van der Waals surface area contributed by atoms with Crippen molar-refractivity contribution < 1.29 is 14.3 Å². The first-order chi connectivity index (χ1) is 15.5. The van der Waals surface area contributed by atoms with Gasteiger partial charge >= 0.3 is 0 Å². The van der Waals surface area contributed by atoms with Crippen molar-refractivity contribution in [1.82, 2.24) is 15.1 Å². The minimum absolute atomic E-state index is 0.173. The number of carbonyl (C=O) groups is 2. The van der Waals surface area contributed by atoms with Gasteiger partial charge in [-0.15, -0.1) is 0 Å². The van der Waals surface area contributed by atoms with Crippen molar-refractivity contribution >= 4 is 28.7 Å². The molecule has 1 aliphatic rings. The van der Waals surface area contributed by atoms with E-state index in [0.717, 1.165) is 29.4 Å². The van der Waals surface area contributed by atoms with Gasteiger partial charge in [-0.2, -0.15) is 0 Å². The van der Waals surface area contributed by atoms with Crippen LogP contribution < -0.4 is 10.1 Å². The van der Waals surface area contributed by atoms with E-state index in [1.54, 1.807) is 42.4 Å². The van der Waals surface area contributed by atoms with Crippen molar-refractivity contribution in [1.29, 1.82) is 0 Å². The number of carbonyl (C=O) groups excluding carboxylic acids is 2. The smallest absolute Gasteiger partial charge is 0.270 e. The van der Waals surface area contributed by atoms with Crippen molar-refractivity contribution in [2.75, 3.05) is 40.3 Å². The van der Waals surface area contributed by atoms with E-state index in [2.05, 4.69) is 10.2 Å². The van der Waals surface area contributed by atoms with Crippen molar-refractivity contribution in [3.8, 4) is 5.75 Å². The Labute approximate surface area is 188 Å². The molecular weight excluding hydrogens is 402 g/mol. The summed E-state index contributed by atoms with van der Waals surface area (Å²) in [7, 11) is 3.62. The van der Waals surface area contributed by atoms with Gasteiger partial charge in [-0.25, -0.2) is 0 Å². The van der Waals surface area contributed by atoms with Crippen molar-refractivity contribution in [2.45, 2.75) is 0 Å². The fraction of sp³-hybridized carbons (Fsp3) is 0.231. The van der Waals surface area contributed by atoms with Crippen LogP contribution in [0.5, 0.6) is 5.75 Å². The molecule has 1 heterocycles. The van der Waals surface area contributed by atoms with Gasteiger partial charge in [-0.3, -0.25) is 9.59 Å². The zero-order valence-corrected chi connectivity index (χ0v) is 18.4. The second-order valence-corrected chi connectivity index (χ2v) is 7.90. The third-order valence-corrected chi connectivity index (χ3v) is 5.74.